The molecule has 0 saturated heterocycles. The van der Waals surface area contributed by atoms with E-state index in [9.17, 15) is 0 Å². The van der Waals surface area contributed by atoms with Crippen molar-refractivity contribution in [1.82, 2.24) is 14.7 Å². The summed E-state index contributed by atoms with van der Waals surface area (Å²) in [6, 6.07) is 0. The van der Waals surface area contributed by atoms with Gasteiger partial charge in [-0.1, -0.05) is 6.92 Å². The Kier molecular flexibility index (Phi) is 2.56. The Morgan fingerprint density at radius 2 is 2.29 bits per heavy atom. The number of fused-ring (bicyclic) bond motifs is 1. The molecule has 0 aliphatic rings. The summed E-state index contributed by atoms with van der Waals surface area (Å²) in [5, 5.41) is 3.28. The van der Waals surface area contributed by atoms with Crippen molar-refractivity contribution in [3.63, 3.8) is 0 Å². The first-order valence-electron chi connectivity index (χ1n) is 4.87. The number of hydrogen-bond donors (Lipinski definition) is 1. The van der Waals surface area contributed by atoms with E-state index in [0.717, 1.165) is 23.7 Å². The molecule has 3 nitrogen and oxygen atoms in total. The third-order valence-corrected chi connectivity index (χ3v) is 3.47. The molecule has 2 heterocycles. The zero-order valence-corrected chi connectivity index (χ0v) is 9.61. The van der Waals surface area contributed by atoms with Crippen molar-refractivity contribution in [3.8, 4) is 0 Å². The summed E-state index contributed by atoms with van der Waals surface area (Å²) >= 11 is 1.76. The van der Waals surface area contributed by atoms with Crippen LogP contribution in [-0.4, -0.2) is 15.9 Å². The highest BCUT2D eigenvalue weighted by Crippen LogP contribution is 2.21. The van der Waals surface area contributed by atoms with Crippen LogP contribution < -0.4 is 5.32 Å². The summed E-state index contributed by atoms with van der Waals surface area (Å²) in [5.41, 5.74) is 2.43. The maximum atomic E-state index is 4.55. The van der Waals surface area contributed by atoms with E-state index >= 15 is 0 Å². The van der Waals surface area contributed by atoms with E-state index in [-0.39, 0.29) is 0 Å². The van der Waals surface area contributed by atoms with Gasteiger partial charge < -0.3 is 5.32 Å². The van der Waals surface area contributed by atoms with Crippen LogP contribution in [0.4, 0.5) is 0 Å². The molecule has 0 aliphatic carbocycles. The lowest BCUT2D eigenvalue weighted by molar-refractivity contribution is 0.714. The number of nitrogens with zero attached hydrogens (tertiary/aromatic N) is 2. The van der Waals surface area contributed by atoms with Crippen molar-refractivity contribution in [3.05, 3.63) is 22.5 Å². The summed E-state index contributed by atoms with van der Waals surface area (Å²) in [6.45, 7) is 8.23. The fraction of sp³-hybridized carbons (Fsp3) is 0.500. The summed E-state index contributed by atoms with van der Waals surface area (Å²) in [7, 11) is 0. The number of aryl methyl sites for hydroxylation is 2. The van der Waals surface area contributed by atoms with Gasteiger partial charge in [0.2, 0.25) is 0 Å². The Balaban J connectivity index is 2.34. The third kappa shape index (κ3) is 1.55. The molecule has 0 aromatic carbocycles. The summed E-state index contributed by atoms with van der Waals surface area (Å²) in [6.07, 6.45) is 2.12. The van der Waals surface area contributed by atoms with Crippen LogP contribution in [0.15, 0.2) is 6.20 Å². The van der Waals surface area contributed by atoms with E-state index in [2.05, 4.69) is 41.7 Å². The van der Waals surface area contributed by atoms with Crippen LogP contribution in [0.3, 0.4) is 0 Å². The van der Waals surface area contributed by atoms with E-state index in [1.54, 1.807) is 11.3 Å². The molecule has 76 valence electrons. The third-order valence-electron chi connectivity index (χ3n) is 2.39. The molecule has 0 aliphatic heterocycles. The fourth-order valence-electron chi connectivity index (χ4n) is 1.44. The predicted molar refractivity (Wildman–Crippen MR) is 59.9 cm³/mol. The summed E-state index contributed by atoms with van der Waals surface area (Å²) in [4.78, 5) is 7.00. The van der Waals surface area contributed by atoms with Gasteiger partial charge in [-0.25, -0.2) is 4.98 Å². The van der Waals surface area contributed by atoms with Crippen molar-refractivity contribution >= 4 is 16.3 Å². The van der Waals surface area contributed by atoms with E-state index in [0.29, 0.717) is 0 Å². The van der Waals surface area contributed by atoms with Crippen molar-refractivity contribution in [2.45, 2.75) is 27.3 Å². The van der Waals surface area contributed by atoms with Crippen LogP contribution in [0.25, 0.3) is 4.96 Å². The van der Waals surface area contributed by atoms with Crippen LogP contribution >= 0.6 is 11.3 Å². The lowest BCUT2D eigenvalue weighted by Gasteiger charge is -1.95. The van der Waals surface area contributed by atoms with E-state index < -0.39 is 0 Å². The second-order valence-corrected chi connectivity index (χ2v) is 4.59. The first-order valence-corrected chi connectivity index (χ1v) is 5.68. The number of hydrogen-bond acceptors (Lipinski definition) is 3. The maximum Gasteiger partial charge on any atom is 0.194 e. The molecule has 0 spiro atoms. The Morgan fingerprint density at radius 1 is 1.50 bits per heavy atom. The Labute approximate surface area is 87.8 Å². The van der Waals surface area contributed by atoms with Gasteiger partial charge in [0, 0.05) is 23.3 Å². The molecule has 2 aromatic rings. The number of thiazole rings is 1. The highest BCUT2D eigenvalue weighted by Gasteiger charge is 2.07. The van der Waals surface area contributed by atoms with Crippen LogP contribution in [0, 0.1) is 13.8 Å². The number of aromatic nitrogens is 2. The first kappa shape index (κ1) is 9.68. The molecule has 0 radical (unpaired) electrons. The van der Waals surface area contributed by atoms with Crippen LogP contribution in [0.1, 0.15) is 23.2 Å². The predicted octanol–water partition coefficient (Wildman–Crippen LogP) is 2.12. The molecule has 0 unspecified atom stereocenters. The molecular formula is C10H15N3S. The van der Waals surface area contributed by atoms with Gasteiger partial charge in [-0.15, -0.1) is 11.3 Å². The van der Waals surface area contributed by atoms with Crippen molar-refractivity contribution in [1.29, 1.82) is 0 Å². The van der Waals surface area contributed by atoms with Gasteiger partial charge in [-0.2, -0.15) is 0 Å². The van der Waals surface area contributed by atoms with Gasteiger partial charge in [-0.3, -0.25) is 4.40 Å². The van der Waals surface area contributed by atoms with E-state index in [4.69, 9.17) is 0 Å². The minimum Gasteiger partial charge on any atom is -0.311 e. The minimum absolute atomic E-state index is 0.864. The van der Waals surface area contributed by atoms with Gasteiger partial charge in [0.25, 0.3) is 0 Å². The van der Waals surface area contributed by atoms with E-state index in [1.807, 2.05) is 0 Å². The molecule has 0 saturated carbocycles. The maximum absolute atomic E-state index is 4.55. The molecule has 0 fully saturated rings. The zero-order chi connectivity index (χ0) is 10.1. The molecule has 0 amide bonds. The SMILES string of the molecule is CCNCc1cn2c(C)c(C)sc2n1. The van der Waals surface area contributed by atoms with Crippen LogP contribution in [0.5, 0.6) is 0 Å². The molecule has 14 heavy (non-hydrogen) atoms. The molecule has 2 aromatic heterocycles. The van der Waals surface area contributed by atoms with Crippen molar-refractivity contribution < 1.29 is 0 Å². The van der Waals surface area contributed by atoms with Crippen LogP contribution in [0.2, 0.25) is 0 Å². The van der Waals surface area contributed by atoms with Crippen molar-refractivity contribution in [2.24, 2.45) is 0 Å². The Bertz CT molecular complexity index is 441. The van der Waals surface area contributed by atoms with Gasteiger partial charge in [-0.05, 0) is 20.4 Å². The average molecular weight is 209 g/mol. The summed E-state index contributed by atoms with van der Waals surface area (Å²) in [5.74, 6) is 0. The quantitative estimate of drug-likeness (QED) is 0.839. The highest BCUT2D eigenvalue weighted by atomic mass is 32.1. The summed E-state index contributed by atoms with van der Waals surface area (Å²) < 4.78 is 2.17. The monoisotopic (exact) mass is 209 g/mol. The standard InChI is InChI=1S/C10H15N3S/c1-4-11-5-9-6-13-7(2)8(3)14-10(13)12-9/h6,11H,4-5H2,1-3H3. The topological polar surface area (TPSA) is 29.3 Å². The normalized spacial score (nSPS) is 11.4. The van der Waals surface area contributed by atoms with Gasteiger partial charge in [0.15, 0.2) is 4.96 Å². The fourth-order valence-corrected chi connectivity index (χ4v) is 2.41. The van der Waals surface area contributed by atoms with Gasteiger partial charge in [0.05, 0.1) is 5.69 Å². The van der Waals surface area contributed by atoms with Gasteiger partial charge >= 0.3 is 0 Å². The molecule has 0 atom stereocenters. The second kappa shape index (κ2) is 3.71. The Hall–Kier alpha value is -0.870. The zero-order valence-electron chi connectivity index (χ0n) is 8.79. The molecule has 4 heteroatoms. The molecular weight excluding hydrogens is 194 g/mol. The molecule has 0 bridgehead atoms. The lowest BCUT2D eigenvalue weighted by atomic mass is 10.4. The molecule has 1 N–H and O–H groups in total. The first-order chi connectivity index (χ1) is 6.72. The number of rotatable bonds is 3. The number of imidazole rings is 1. The largest absolute Gasteiger partial charge is 0.311 e. The van der Waals surface area contributed by atoms with Crippen LogP contribution in [-0.2, 0) is 6.54 Å². The second-order valence-electron chi connectivity index (χ2n) is 3.41. The lowest BCUT2D eigenvalue weighted by Crippen LogP contribution is -2.11. The number of nitrogens with one attached hydrogen (secondary N) is 1. The van der Waals surface area contributed by atoms with Gasteiger partial charge in [0.1, 0.15) is 0 Å². The smallest absolute Gasteiger partial charge is 0.194 e. The average Bonchev–Trinajstić information content (AvgIpc) is 2.66. The highest BCUT2D eigenvalue weighted by molar-refractivity contribution is 7.17. The minimum atomic E-state index is 0.864. The van der Waals surface area contributed by atoms with E-state index in [1.165, 1.54) is 10.6 Å². The van der Waals surface area contributed by atoms with Crippen molar-refractivity contribution in [2.75, 3.05) is 6.54 Å². The molecule has 2 rings (SSSR count). The Morgan fingerprint density at radius 3 is 2.93 bits per heavy atom.